The third-order valence-electron chi connectivity index (χ3n) is 4.74. The van der Waals surface area contributed by atoms with Crippen molar-refractivity contribution in [1.82, 2.24) is 10.2 Å². The molecule has 1 fully saturated rings. The van der Waals surface area contributed by atoms with Crippen molar-refractivity contribution >= 4 is 29.3 Å². The monoisotopic (exact) mass is 353 g/mol. The lowest BCUT2D eigenvalue weighted by Gasteiger charge is -2.33. The van der Waals surface area contributed by atoms with Crippen LogP contribution in [0.3, 0.4) is 0 Å². The van der Waals surface area contributed by atoms with E-state index in [1.54, 1.807) is 16.7 Å². The number of fused-ring (bicyclic) bond motifs is 2. The second-order valence-corrected chi connectivity index (χ2v) is 7.08. The second kappa shape index (κ2) is 6.54. The standard InChI is InChI=1S/C19H19N3O2S/c1-25-14-5-2-12(3-6-14)13-4-7-16-15(10-13)19(24)22-9-8-20-11-17(22)18(23)21-16/h2-7,10,17,20H,8-9,11H2,1H3,(H,21,23)/t17-/m0/s1. The predicted octanol–water partition coefficient (Wildman–Crippen LogP) is 2.44. The summed E-state index contributed by atoms with van der Waals surface area (Å²) in [6.07, 6.45) is 2.04. The van der Waals surface area contributed by atoms with Gasteiger partial charge in [0.05, 0.1) is 11.3 Å². The summed E-state index contributed by atoms with van der Waals surface area (Å²) in [7, 11) is 0. The Hall–Kier alpha value is -2.31. The van der Waals surface area contributed by atoms with E-state index in [-0.39, 0.29) is 11.8 Å². The first-order chi connectivity index (χ1) is 12.2. The van der Waals surface area contributed by atoms with Crippen LogP contribution in [0.1, 0.15) is 10.4 Å². The van der Waals surface area contributed by atoms with Gasteiger partial charge in [0, 0.05) is 24.5 Å². The fraction of sp³-hybridized carbons (Fsp3) is 0.263. The summed E-state index contributed by atoms with van der Waals surface area (Å²) >= 11 is 1.70. The SMILES string of the molecule is CSc1ccc(-c2ccc3c(c2)C(=O)N2CCNC[C@H]2C(=O)N3)cc1. The average Bonchev–Trinajstić information content (AvgIpc) is 2.77. The van der Waals surface area contributed by atoms with Gasteiger partial charge in [0.25, 0.3) is 5.91 Å². The molecule has 1 atom stereocenters. The summed E-state index contributed by atoms with van der Waals surface area (Å²) < 4.78 is 0. The molecular formula is C19H19N3O2S. The van der Waals surface area contributed by atoms with Gasteiger partial charge in [-0.25, -0.2) is 0 Å². The van der Waals surface area contributed by atoms with E-state index in [1.807, 2.05) is 24.5 Å². The second-order valence-electron chi connectivity index (χ2n) is 6.20. The summed E-state index contributed by atoms with van der Waals surface area (Å²) in [5.74, 6) is -0.209. The highest BCUT2D eigenvalue weighted by Crippen LogP contribution is 2.30. The third-order valence-corrected chi connectivity index (χ3v) is 5.48. The first-order valence-corrected chi connectivity index (χ1v) is 9.51. The summed E-state index contributed by atoms with van der Waals surface area (Å²) in [5, 5.41) is 6.08. The number of thioether (sulfide) groups is 1. The van der Waals surface area contributed by atoms with E-state index >= 15 is 0 Å². The normalized spacial score (nSPS) is 19.7. The third kappa shape index (κ3) is 2.92. The Morgan fingerprint density at radius 3 is 2.60 bits per heavy atom. The molecule has 2 aliphatic rings. The fourth-order valence-electron chi connectivity index (χ4n) is 3.35. The van der Waals surface area contributed by atoms with Crippen LogP contribution < -0.4 is 10.6 Å². The minimum Gasteiger partial charge on any atom is -0.324 e. The molecule has 0 bridgehead atoms. The number of rotatable bonds is 2. The smallest absolute Gasteiger partial charge is 0.256 e. The molecule has 2 N–H and O–H groups in total. The van der Waals surface area contributed by atoms with E-state index in [1.165, 1.54) is 4.90 Å². The van der Waals surface area contributed by atoms with Crippen LogP contribution in [0.5, 0.6) is 0 Å². The molecule has 5 nitrogen and oxygen atoms in total. The van der Waals surface area contributed by atoms with Crippen molar-refractivity contribution in [2.45, 2.75) is 10.9 Å². The van der Waals surface area contributed by atoms with Crippen molar-refractivity contribution in [2.24, 2.45) is 0 Å². The molecule has 25 heavy (non-hydrogen) atoms. The van der Waals surface area contributed by atoms with Crippen molar-refractivity contribution < 1.29 is 9.59 Å². The number of piperazine rings is 1. The van der Waals surface area contributed by atoms with Gasteiger partial charge in [-0.1, -0.05) is 18.2 Å². The number of hydrogen-bond acceptors (Lipinski definition) is 4. The molecule has 0 aliphatic carbocycles. The van der Waals surface area contributed by atoms with Crippen LogP contribution in [0, 0.1) is 0 Å². The Bertz CT molecular complexity index is 835. The summed E-state index contributed by atoms with van der Waals surface area (Å²) in [6, 6.07) is 13.5. The molecule has 128 valence electrons. The van der Waals surface area contributed by atoms with Crippen LogP contribution in [0.15, 0.2) is 47.4 Å². The van der Waals surface area contributed by atoms with E-state index in [4.69, 9.17) is 0 Å². The van der Waals surface area contributed by atoms with E-state index in [0.717, 1.165) is 11.1 Å². The molecule has 0 radical (unpaired) electrons. The lowest BCUT2D eigenvalue weighted by molar-refractivity contribution is -0.120. The van der Waals surface area contributed by atoms with Gasteiger partial charge >= 0.3 is 0 Å². The lowest BCUT2D eigenvalue weighted by Crippen LogP contribution is -2.57. The highest BCUT2D eigenvalue weighted by atomic mass is 32.2. The van der Waals surface area contributed by atoms with Crippen molar-refractivity contribution in [3.8, 4) is 11.1 Å². The molecule has 1 saturated heterocycles. The van der Waals surface area contributed by atoms with Crippen molar-refractivity contribution in [3.63, 3.8) is 0 Å². The van der Waals surface area contributed by atoms with Gasteiger partial charge in [-0.2, -0.15) is 0 Å². The van der Waals surface area contributed by atoms with Gasteiger partial charge in [0.1, 0.15) is 6.04 Å². The lowest BCUT2D eigenvalue weighted by atomic mass is 10.0. The van der Waals surface area contributed by atoms with Crippen molar-refractivity contribution in [1.29, 1.82) is 0 Å². The maximum atomic E-state index is 13.0. The van der Waals surface area contributed by atoms with Crippen LogP contribution in [-0.4, -0.2) is 48.6 Å². The predicted molar refractivity (Wildman–Crippen MR) is 100.0 cm³/mol. The number of benzene rings is 2. The van der Waals surface area contributed by atoms with Gasteiger partial charge in [-0.3, -0.25) is 9.59 Å². The molecule has 0 spiro atoms. The summed E-state index contributed by atoms with van der Waals surface area (Å²) in [6.45, 7) is 1.75. The first kappa shape index (κ1) is 16.2. The molecule has 2 aliphatic heterocycles. The number of carbonyl (C=O) groups excluding carboxylic acids is 2. The zero-order chi connectivity index (χ0) is 17.4. The topological polar surface area (TPSA) is 61.4 Å². The first-order valence-electron chi connectivity index (χ1n) is 8.28. The van der Waals surface area contributed by atoms with Crippen LogP contribution >= 0.6 is 11.8 Å². The van der Waals surface area contributed by atoms with Gasteiger partial charge in [-0.05, 0) is 41.6 Å². The summed E-state index contributed by atoms with van der Waals surface area (Å²) in [4.78, 5) is 28.3. The molecule has 2 aromatic carbocycles. The minimum absolute atomic E-state index is 0.0811. The van der Waals surface area contributed by atoms with Crippen LogP contribution in [0.2, 0.25) is 0 Å². The van der Waals surface area contributed by atoms with E-state index < -0.39 is 6.04 Å². The maximum Gasteiger partial charge on any atom is 0.256 e. The number of amides is 2. The van der Waals surface area contributed by atoms with Crippen molar-refractivity contribution in [3.05, 3.63) is 48.0 Å². The van der Waals surface area contributed by atoms with E-state index in [0.29, 0.717) is 30.9 Å². The molecule has 0 unspecified atom stereocenters. The van der Waals surface area contributed by atoms with Gasteiger partial charge in [0.2, 0.25) is 5.91 Å². The Labute approximate surface area is 150 Å². The Balaban J connectivity index is 1.74. The molecule has 0 saturated carbocycles. The Kier molecular flexibility index (Phi) is 4.23. The number of nitrogens with zero attached hydrogens (tertiary/aromatic N) is 1. The highest BCUT2D eigenvalue weighted by molar-refractivity contribution is 7.98. The quantitative estimate of drug-likeness (QED) is 0.814. The molecule has 0 aromatic heterocycles. The number of hydrogen-bond donors (Lipinski definition) is 2. The van der Waals surface area contributed by atoms with E-state index in [9.17, 15) is 9.59 Å². The Morgan fingerprint density at radius 2 is 1.84 bits per heavy atom. The molecule has 6 heteroatoms. The number of nitrogens with one attached hydrogen (secondary N) is 2. The zero-order valence-electron chi connectivity index (χ0n) is 13.9. The molecule has 4 rings (SSSR count). The van der Waals surface area contributed by atoms with Crippen molar-refractivity contribution in [2.75, 3.05) is 31.2 Å². The molecular weight excluding hydrogens is 334 g/mol. The van der Waals surface area contributed by atoms with Gasteiger partial charge in [0.15, 0.2) is 0 Å². The minimum atomic E-state index is -0.446. The van der Waals surface area contributed by atoms with Crippen LogP contribution in [0.25, 0.3) is 11.1 Å². The molecule has 2 aromatic rings. The van der Waals surface area contributed by atoms with Crippen LogP contribution in [0.4, 0.5) is 5.69 Å². The van der Waals surface area contributed by atoms with Gasteiger partial charge in [-0.15, -0.1) is 11.8 Å². The largest absolute Gasteiger partial charge is 0.324 e. The van der Waals surface area contributed by atoms with Crippen LogP contribution in [-0.2, 0) is 4.79 Å². The van der Waals surface area contributed by atoms with E-state index in [2.05, 4.69) is 34.9 Å². The molecule has 2 amide bonds. The zero-order valence-corrected chi connectivity index (χ0v) is 14.7. The Morgan fingerprint density at radius 1 is 1.08 bits per heavy atom. The molecule has 2 heterocycles. The average molecular weight is 353 g/mol. The number of carbonyl (C=O) groups is 2. The maximum absolute atomic E-state index is 13.0. The fourth-order valence-corrected chi connectivity index (χ4v) is 3.75. The van der Waals surface area contributed by atoms with Gasteiger partial charge < -0.3 is 15.5 Å². The summed E-state index contributed by atoms with van der Waals surface area (Å²) in [5.41, 5.74) is 3.18. The number of anilines is 1. The highest BCUT2D eigenvalue weighted by Gasteiger charge is 2.36.